The highest BCUT2D eigenvalue weighted by molar-refractivity contribution is 5.86. The molecule has 0 N–H and O–H groups in total. The minimum Gasteiger partial charge on any atom is -0.298 e. The number of hydrogen-bond donors (Lipinski definition) is 0. The third-order valence-electron chi connectivity index (χ3n) is 3.54. The molecule has 0 fully saturated rings. The van der Waals surface area contributed by atoms with Crippen LogP contribution in [0.3, 0.4) is 0 Å². The summed E-state index contributed by atoms with van der Waals surface area (Å²) in [6, 6.07) is 18.5. The summed E-state index contributed by atoms with van der Waals surface area (Å²) in [7, 11) is 0. The summed E-state index contributed by atoms with van der Waals surface area (Å²) in [6.45, 7) is 0. The third kappa shape index (κ3) is 1.88. The zero-order valence-corrected chi connectivity index (χ0v) is 10.0. The highest BCUT2D eigenvalue weighted by Gasteiger charge is 2.22. The number of carbonyl (C=O) groups excluding carboxylic acids is 1. The van der Waals surface area contributed by atoms with Gasteiger partial charge in [0.25, 0.3) is 0 Å². The van der Waals surface area contributed by atoms with Crippen LogP contribution in [0.5, 0.6) is 0 Å². The lowest BCUT2D eigenvalue weighted by atomic mass is 9.80. The van der Waals surface area contributed by atoms with E-state index in [-0.39, 0.29) is 5.92 Å². The number of carbonyl (C=O) groups is 1. The number of rotatable bonds is 2. The van der Waals surface area contributed by atoms with E-state index in [0.29, 0.717) is 0 Å². The first kappa shape index (κ1) is 11.0. The van der Waals surface area contributed by atoms with Gasteiger partial charge in [-0.3, -0.25) is 4.79 Å². The molecule has 1 aliphatic rings. The normalized spacial score (nSPS) is 17.8. The Labute approximate surface area is 107 Å². The number of hydrogen-bond acceptors (Lipinski definition) is 1. The molecule has 0 saturated heterocycles. The van der Waals surface area contributed by atoms with E-state index in [1.54, 1.807) is 0 Å². The van der Waals surface area contributed by atoms with Crippen LogP contribution in [0.2, 0.25) is 0 Å². The van der Waals surface area contributed by atoms with Crippen molar-refractivity contribution < 1.29 is 4.79 Å². The summed E-state index contributed by atoms with van der Waals surface area (Å²) in [4.78, 5) is 11.3. The summed E-state index contributed by atoms with van der Waals surface area (Å²) < 4.78 is 0. The molecule has 0 spiro atoms. The van der Waals surface area contributed by atoms with Crippen molar-refractivity contribution in [3.63, 3.8) is 0 Å². The third-order valence-corrected chi connectivity index (χ3v) is 3.54. The predicted molar refractivity (Wildman–Crippen MR) is 73.4 cm³/mol. The van der Waals surface area contributed by atoms with Crippen molar-refractivity contribution >= 4 is 12.4 Å². The second kappa shape index (κ2) is 4.61. The van der Waals surface area contributed by atoms with Gasteiger partial charge in [-0.05, 0) is 29.2 Å². The zero-order chi connectivity index (χ0) is 12.4. The van der Waals surface area contributed by atoms with Crippen LogP contribution < -0.4 is 0 Å². The quantitative estimate of drug-likeness (QED) is 0.725. The molecule has 1 heteroatoms. The van der Waals surface area contributed by atoms with Gasteiger partial charge in [0.05, 0.1) is 0 Å². The number of aldehydes is 1. The molecule has 0 saturated carbocycles. The van der Waals surface area contributed by atoms with Crippen LogP contribution in [0.25, 0.3) is 6.08 Å². The van der Waals surface area contributed by atoms with Gasteiger partial charge >= 0.3 is 0 Å². The van der Waals surface area contributed by atoms with Gasteiger partial charge in [0, 0.05) is 11.5 Å². The van der Waals surface area contributed by atoms with Crippen LogP contribution in [-0.4, -0.2) is 6.29 Å². The first-order valence-corrected chi connectivity index (χ1v) is 6.18. The molecule has 2 aromatic rings. The van der Waals surface area contributed by atoms with Gasteiger partial charge in [-0.1, -0.05) is 54.6 Å². The van der Waals surface area contributed by atoms with Gasteiger partial charge in [-0.25, -0.2) is 0 Å². The van der Waals surface area contributed by atoms with E-state index >= 15 is 0 Å². The Hall–Kier alpha value is -2.15. The van der Waals surface area contributed by atoms with Crippen molar-refractivity contribution in [2.45, 2.75) is 12.3 Å². The topological polar surface area (TPSA) is 17.1 Å². The highest BCUT2D eigenvalue weighted by Crippen LogP contribution is 2.34. The average Bonchev–Trinajstić information content (AvgIpc) is 2.46. The maximum absolute atomic E-state index is 11.3. The number of fused-ring (bicyclic) bond motifs is 1. The molecule has 0 amide bonds. The molecule has 0 heterocycles. The molecule has 1 aliphatic carbocycles. The van der Waals surface area contributed by atoms with Crippen LogP contribution in [0.15, 0.2) is 60.2 Å². The Morgan fingerprint density at radius 3 is 2.44 bits per heavy atom. The van der Waals surface area contributed by atoms with Gasteiger partial charge in [0.15, 0.2) is 0 Å². The van der Waals surface area contributed by atoms with E-state index in [2.05, 4.69) is 30.3 Å². The molecule has 0 aromatic heterocycles. The molecule has 2 aromatic carbocycles. The molecule has 3 rings (SSSR count). The van der Waals surface area contributed by atoms with E-state index < -0.39 is 0 Å². The van der Waals surface area contributed by atoms with Crippen LogP contribution in [0.4, 0.5) is 0 Å². The monoisotopic (exact) mass is 234 g/mol. The fourth-order valence-electron chi connectivity index (χ4n) is 2.59. The van der Waals surface area contributed by atoms with Crippen LogP contribution >= 0.6 is 0 Å². The Morgan fingerprint density at radius 1 is 0.944 bits per heavy atom. The van der Waals surface area contributed by atoms with Crippen molar-refractivity contribution in [2.75, 3.05) is 0 Å². The fourth-order valence-corrected chi connectivity index (χ4v) is 2.59. The molecule has 1 atom stereocenters. The summed E-state index contributed by atoms with van der Waals surface area (Å²) in [5, 5.41) is 0. The Morgan fingerprint density at radius 2 is 1.67 bits per heavy atom. The maximum atomic E-state index is 11.3. The second-order valence-electron chi connectivity index (χ2n) is 4.63. The van der Waals surface area contributed by atoms with Crippen LogP contribution in [0.1, 0.15) is 22.6 Å². The standard InChI is InChI=1S/C17H14O/c18-12-16-10-14-8-4-5-9-15(14)11-17(16)13-6-2-1-3-7-13/h1-10,12,17H,11H2. The lowest BCUT2D eigenvalue weighted by Crippen LogP contribution is -2.12. The number of benzene rings is 2. The van der Waals surface area contributed by atoms with Crippen molar-refractivity contribution in [2.24, 2.45) is 0 Å². The van der Waals surface area contributed by atoms with Crippen LogP contribution in [-0.2, 0) is 11.2 Å². The van der Waals surface area contributed by atoms with E-state index in [1.165, 1.54) is 16.7 Å². The first-order valence-electron chi connectivity index (χ1n) is 6.18. The lowest BCUT2D eigenvalue weighted by molar-refractivity contribution is -0.105. The van der Waals surface area contributed by atoms with E-state index in [9.17, 15) is 4.79 Å². The number of allylic oxidation sites excluding steroid dienone is 1. The van der Waals surface area contributed by atoms with Crippen molar-refractivity contribution in [3.8, 4) is 0 Å². The fraction of sp³-hybridized carbons (Fsp3) is 0.118. The first-order chi connectivity index (χ1) is 8.88. The molecule has 18 heavy (non-hydrogen) atoms. The molecule has 0 aliphatic heterocycles. The summed E-state index contributed by atoms with van der Waals surface area (Å²) in [5.41, 5.74) is 4.58. The Kier molecular flexibility index (Phi) is 2.81. The molecule has 1 nitrogen and oxygen atoms in total. The van der Waals surface area contributed by atoms with Crippen molar-refractivity contribution in [1.29, 1.82) is 0 Å². The zero-order valence-electron chi connectivity index (χ0n) is 10.0. The molecule has 0 radical (unpaired) electrons. The minimum absolute atomic E-state index is 0.193. The molecule has 0 bridgehead atoms. The average molecular weight is 234 g/mol. The van der Waals surface area contributed by atoms with Gasteiger partial charge < -0.3 is 0 Å². The largest absolute Gasteiger partial charge is 0.298 e. The molecule has 1 unspecified atom stereocenters. The summed E-state index contributed by atoms with van der Waals surface area (Å²) in [5.74, 6) is 0.193. The Bertz CT molecular complexity index is 596. The molecular formula is C17H14O. The van der Waals surface area contributed by atoms with Gasteiger partial charge in [0.1, 0.15) is 6.29 Å². The van der Waals surface area contributed by atoms with Crippen molar-refractivity contribution in [1.82, 2.24) is 0 Å². The highest BCUT2D eigenvalue weighted by atomic mass is 16.1. The molecule has 88 valence electrons. The molecular weight excluding hydrogens is 220 g/mol. The van der Waals surface area contributed by atoms with Gasteiger partial charge in [0.2, 0.25) is 0 Å². The van der Waals surface area contributed by atoms with E-state index in [0.717, 1.165) is 18.3 Å². The Balaban J connectivity index is 2.07. The maximum Gasteiger partial charge on any atom is 0.146 e. The van der Waals surface area contributed by atoms with Gasteiger partial charge in [-0.2, -0.15) is 0 Å². The van der Waals surface area contributed by atoms with E-state index in [1.807, 2.05) is 30.3 Å². The SMILES string of the molecule is O=CC1=Cc2ccccc2CC1c1ccccc1. The van der Waals surface area contributed by atoms with Crippen molar-refractivity contribution in [3.05, 3.63) is 76.9 Å². The van der Waals surface area contributed by atoms with E-state index in [4.69, 9.17) is 0 Å². The van der Waals surface area contributed by atoms with Gasteiger partial charge in [-0.15, -0.1) is 0 Å². The second-order valence-corrected chi connectivity index (χ2v) is 4.63. The smallest absolute Gasteiger partial charge is 0.146 e. The minimum atomic E-state index is 0.193. The predicted octanol–water partition coefficient (Wildman–Crippen LogP) is 3.61. The summed E-state index contributed by atoms with van der Waals surface area (Å²) >= 11 is 0. The summed E-state index contributed by atoms with van der Waals surface area (Å²) in [6.07, 6.45) is 3.92. The van der Waals surface area contributed by atoms with Crippen LogP contribution in [0, 0.1) is 0 Å². The lowest BCUT2D eigenvalue weighted by Gasteiger charge is -2.23.